The van der Waals surface area contributed by atoms with Crippen LogP contribution in [0.25, 0.3) is 33.3 Å². The number of ether oxygens (including phenoxy) is 1. The van der Waals surface area contributed by atoms with Gasteiger partial charge >= 0.3 is 0 Å². The maximum Gasteiger partial charge on any atom is 0.137 e. The van der Waals surface area contributed by atoms with E-state index in [9.17, 15) is 0 Å². The van der Waals surface area contributed by atoms with E-state index in [1.54, 1.807) is 0 Å². The predicted molar refractivity (Wildman–Crippen MR) is 218 cm³/mol. The van der Waals surface area contributed by atoms with Crippen molar-refractivity contribution in [3.8, 4) is 23.0 Å². The number of hydrogen-bond donors (Lipinski definition) is 0. The Morgan fingerprint density at radius 2 is 1.58 bits per heavy atom. The first-order valence-corrected chi connectivity index (χ1v) is 19.7. The molecular formula is C47H56N4O. The summed E-state index contributed by atoms with van der Waals surface area (Å²) in [4.78, 5) is 4.86. The van der Waals surface area contributed by atoms with Gasteiger partial charge in [-0.05, 0) is 104 Å². The van der Waals surface area contributed by atoms with Crippen LogP contribution in [0, 0.1) is 5.92 Å². The van der Waals surface area contributed by atoms with Gasteiger partial charge in [-0.3, -0.25) is 4.57 Å². The molecular weight excluding hydrogens is 637 g/mol. The molecule has 0 bridgehead atoms. The molecule has 7 rings (SSSR count). The number of nitrogens with zero attached hydrogens (tertiary/aromatic N) is 4. The van der Waals surface area contributed by atoms with Gasteiger partial charge in [0.1, 0.15) is 17.3 Å². The number of fused-ring (bicyclic) bond motifs is 3. The van der Waals surface area contributed by atoms with Crippen molar-refractivity contribution in [1.82, 2.24) is 19.3 Å². The Morgan fingerprint density at radius 1 is 0.808 bits per heavy atom. The summed E-state index contributed by atoms with van der Waals surface area (Å²) < 4.78 is 11.4. The summed E-state index contributed by atoms with van der Waals surface area (Å²) in [7, 11) is 0. The van der Waals surface area contributed by atoms with Crippen molar-refractivity contribution in [3.05, 3.63) is 119 Å². The summed E-state index contributed by atoms with van der Waals surface area (Å²) in [5.74, 6) is 3.58. The maximum absolute atomic E-state index is 6.88. The molecule has 0 radical (unpaired) electrons. The second-order valence-electron chi connectivity index (χ2n) is 16.1. The Kier molecular flexibility index (Phi) is 10.2. The molecule has 1 unspecified atom stereocenters. The van der Waals surface area contributed by atoms with E-state index in [4.69, 9.17) is 14.8 Å². The SMILES string of the molecule is CCCc1ccnc(-n2c3ccccc3c3ccc(Oc4cc(-n5nc(CCC)c(C6C(C)=CCC[C@@H]6C)c5CCC)cc(C(C)(C)C)c4)cc32)c1. The normalized spacial score (nSPS) is 16.5. The molecule has 0 aliphatic heterocycles. The third-order valence-corrected chi connectivity index (χ3v) is 11.0. The summed E-state index contributed by atoms with van der Waals surface area (Å²) >= 11 is 0. The lowest BCUT2D eigenvalue weighted by Gasteiger charge is -2.30. The number of aryl methyl sites for hydroxylation is 2. The smallest absolute Gasteiger partial charge is 0.137 e. The minimum Gasteiger partial charge on any atom is -0.457 e. The molecule has 0 saturated heterocycles. The Bertz CT molecular complexity index is 2240. The van der Waals surface area contributed by atoms with Crippen molar-refractivity contribution in [2.75, 3.05) is 0 Å². The van der Waals surface area contributed by atoms with E-state index >= 15 is 0 Å². The van der Waals surface area contributed by atoms with E-state index in [1.807, 2.05) is 6.20 Å². The van der Waals surface area contributed by atoms with Crippen LogP contribution < -0.4 is 4.74 Å². The summed E-state index contributed by atoms with van der Waals surface area (Å²) in [5, 5.41) is 7.86. The van der Waals surface area contributed by atoms with Crippen LogP contribution in [0.15, 0.2) is 90.6 Å². The molecule has 270 valence electrons. The largest absolute Gasteiger partial charge is 0.457 e. The minimum atomic E-state index is -0.0793. The monoisotopic (exact) mass is 692 g/mol. The lowest BCUT2D eigenvalue weighted by atomic mass is 9.74. The Balaban J connectivity index is 1.37. The molecule has 5 nitrogen and oxygen atoms in total. The fourth-order valence-electron chi connectivity index (χ4n) is 8.44. The molecule has 0 N–H and O–H groups in total. The van der Waals surface area contributed by atoms with Gasteiger partial charge in [0.15, 0.2) is 0 Å². The predicted octanol–water partition coefficient (Wildman–Crippen LogP) is 12.8. The number of pyridine rings is 1. The fourth-order valence-corrected chi connectivity index (χ4v) is 8.44. The van der Waals surface area contributed by atoms with Crippen molar-refractivity contribution in [1.29, 1.82) is 0 Å². The van der Waals surface area contributed by atoms with Crippen LogP contribution >= 0.6 is 0 Å². The van der Waals surface area contributed by atoms with E-state index in [-0.39, 0.29) is 5.41 Å². The molecule has 52 heavy (non-hydrogen) atoms. The molecule has 1 aliphatic rings. The van der Waals surface area contributed by atoms with Crippen molar-refractivity contribution in [2.45, 2.75) is 118 Å². The number of benzene rings is 3. The maximum atomic E-state index is 6.88. The molecule has 5 heteroatoms. The highest BCUT2D eigenvalue weighted by atomic mass is 16.5. The lowest BCUT2D eigenvalue weighted by molar-refractivity contribution is 0.445. The highest BCUT2D eigenvalue weighted by molar-refractivity contribution is 6.09. The zero-order valence-electron chi connectivity index (χ0n) is 32.6. The van der Waals surface area contributed by atoms with E-state index in [0.717, 1.165) is 72.6 Å². The molecule has 1 aliphatic carbocycles. The van der Waals surface area contributed by atoms with Gasteiger partial charge in [0.25, 0.3) is 0 Å². The van der Waals surface area contributed by atoms with E-state index in [2.05, 4.69) is 144 Å². The van der Waals surface area contributed by atoms with Crippen LogP contribution in [0.5, 0.6) is 11.5 Å². The molecule has 0 spiro atoms. The van der Waals surface area contributed by atoms with Gasteiger partial charge in [0.05, 0.1) is 22.4 Å². The number of para-hydroxylation sites is 1. The molecule has 3 aromatic heterocycles. The fraction of sp³-hybridized carbons (Fsp3) is 0.404. The van der Waals surface area contributed by atoms with E-state index < -0.39 is 0 Å². The van der Waals surface area contributed by atoms with Gasteiger partial charge in [0.2, 0.25) is 0 Å². The quantitative estimate of drug-likeness (QED) is 0.127. The van der Waals surface area contributed by atoms with Crippen molar-refractivity contribution in [3.63, 3.8) is 0 Å². The zero-order valence-corrected chi connectivity index (χ0v) is 32.6. The van der Waals surface area contributed by atoms with Gasteiger partial charge in [-0.2, -0.15) is 5.10 Å². The highest BCUT2D eigenvalue weighted by Gasteiger charge is 2.32. The van der Waals surface area contributed by atoms with Crippen molar-refractivity contribution < 1.29 is 4.74 Å². The van der Waals surface area contributed by atoms with Crippen LogP contribution in [-0.2, 0) is 24.7 Å². The van der Waals surface area contributed by atoms with Crippen LogP contribution in [0.4, 0.5) is 0 Å². The second-order valence-corrected chi connectivity index (χ2v) is 16.1. The Morgan fingerprint density at radius 3 is 2.33 bits per heavy atom. The van der Waals surface area contributed by atoms with Crippen LogP contribution in [-0.4, -0.2) is 19.3 Å². The highest BCUT2D eigenvalue weighted by Crippen LogP contribution is 2.43. The third kappa shape index (κ3) is 6.83. The summed E-state index contributed by atoms with van der Waals surface area (Å²) in [6.07, 6.45) is 13.1. The van der Waals surface area contributed by atoms with E-state index in [0.29, 0.717) is 11.8 Å². The topological polar surface area (TPSA) is 44.9 Å². The first-order valence-electron chi connectivity index (χ1n) is 19.7. The molecule has 6 aromatic rings. The zero-order chi connectivity index (χ0) is 36.6. The van der Waals surface area contributed by atoms with Gasteiger partial charge in [-0.1, -0.05) is 97.6 Å². The van der Waals surface area contributed by atoms with Crippen LogP contribution in [0.2, 0.25) is 0 Å². The van der Waals surface area contributed by atoms with Gasteiger partial charge in [-0.25, -0.2) is 9.67 Å². The van der Waals surface area contributed by atoms with Crippen LogP contribution in [0.1, 0.15) is 121 Å². The molecule has 0 fully saturated rings. The van der Waals surface area contributed by atoms with Gasteiger partial charge in [-0.15, -0.1) is 0 Å². The van der Waals surface area contributed by atoms with Crippen molar-refractivity contribution >= 4 is 21.8 Å². The summed E-state index contributed by atoms with van der Waals surface area (Å²) in [5.41, 5.74) is 11.3. The molecule has 3 heterocycles. The standard InChI is InChI=1S/C47H56N4O/c1-9-15-33-24-25-48-44(26-33)50-41-21-13-12-20-38(41)39-23-22-36(30-43(39)50)52-37-28-34(47(6,7)8)27-35(29-37)51-42(17-11-3)46(40(49-51)16-10-2)45-31(4)18-14-19-32(45)5/h12-13,18,20-30,32,45H,9-11,14-17,19H2,1-8H3/t32-,45?/m0/s1. The van der Waals surface area contributed by atoms with Crippen LogP contribution in [0.3, 0.4) is 0 Å². The second kappa shape index (κ2) is 14.8. The third-order valence-electron chi connectivity index (χ3n) is 11.0. The molecule has 3 aromatic carbocycles. The number of allylic oxidation sites excluding steroid dienone is 2. The Hall–Kier alpha value is -4.64. The molecule has 2 atom stereocenters. The average molecular weight is 693 g/mol. The first-order chi connectivity index (χ1) is 25.1. The summed E-state index contributed by atoms with van der Waals surface area (Å²) in [6.45, 7) is 18.4. The summed E-state index contributed by atoms with van der Waals surface area (Å²) in [6, 6.07) is 26.2. The molecule has 0 amide bonds. The van der Waals surface area contributed by atoms with Gasteiger partial charge in [0, 0.05) is 46.3 Å². The number of rotatable bonds is 11. The van der Waals surface area contributed by atoms with Gasteiger partial charge < -0.3 is 4.74 Å². The van der Waals surface area contributed by atoms with E-state index in [1.165, 1.54) is 57.3 Å². The average Bonchev–Trinajstić information content (AvgIpc) is 3.63. The number of aromatic nitrogens is 4. The lowest BCUT2D eigenvalue weighted by Crippen LogP contribution is -2.18. The van der Waals surface area contributed by atoms with Crippen molar-refractivity contribution in [2.24, 2.45) is 5.92 Å². The Labute approximate surface area is 310 Å². The molecule has 0 saturated carbocycles. The first kappa shape index (κ1) is 35.7. The number of hydrogen-bond acceptors (Lipinski definition) is 3. The minimum absolute atomic E-state index is 0.0793.